The number of guanidine groups is 1. The number of carbonyl (C=O) groups excluding carboxylic acids is 1. The lowest BCUT2D eigenvalue weighted by Crippen LogP contribution is -2.49. The van der Waals surface area contributed by atoms with Crippen LogP contribution in [-0.4, -0.2) is 18.9 Å². The molecule has 10 heavy (non-hydrogen) atoms. The highest BCUT2D eigenvalue weighted by Crippen LogP contribution is 1.58. The molecule has 0 atom stereocenters. The summed E-state index contributed by atoms with van der Waals surface area (Å²) in [5.41, 5.74) is 6.95. The minimum atomic E-state index is -0.212. The van der Waals surface area contributed by atoms with Crippen molar-refractivity contribution in [3.63, 3.8) is 0 Å². The molecular formula is C4H11N5O. The van der Waals surface area contributed by atoms with Crippen LogP contribution < -0.4 is 22.1 Å². The van der Waals surface area contributed by atoms with Crippen molar-refractivity contribution in [3.8, 4) is 0 Å². The van der Waals surface area contributed by atoms with Gasteiger partial charge in [0.15, 0.2) is 0 Å². The summed E-state index contributed by atoms with van der Waals surface area (Å²) in [5.74, 6) is 5.06. The van der Waals surface area contributed by atoms with Crippen LogP contribution in [0, 0.1) is 0 Å². The van der Waals surface area contributed by atoms with Gasteiger partial charge in [0.1, 0.15) is 0 Å². The van der Waals surface area contributed by atoms with E-state index in [-0.39, 0.29) is 5.91 Å². The second-order valence-electron chi connectivity index (χ2n) is 1.52. The lowest BCUT2D eigenvalue weighted by atomic mass is 10.8. The van der Waals surface area contributed by atoms with Gasteiger partial charge >= 0.3 is 0 Å². The Morgan fingerprint density at radius 1 is 1.50 bits per heavy atom. The molecule has 58 valence electrons. The average Bonchev–Trinajstić information content (AvgIpc) is 1.90. The zero-order valence-corrected chi connectivity index (χ0v) is 5.93. The van der Waals surface area contributed by atoms with E-state index in [0.29, 0.717) is 5.96 Å². The first-order chi connectivity index (χ1) is 4.70. The molecule has 6 nitrogen and oxygen atoms in total. The number of aliphatic imine (C=N–C) groups is 1. The molecule has 0 saturated carbocycles. The molecule has 0 rings (SSSR count). The Labute approximate surface area is 58.8 Å². The van der Waals surface area contributed by atoms with Crippen LogP contribution in [0.15, 0.2) is 4.99 Å². The highest BCUT2D eigenvalue weighted by Gasteiger charge is 1.91. The third-order valence-electron chi connectivity index (χ3n) is 0.717. The van der Waals surface area contributed by atoms with Crippen LogP contribution in [0.5, 0.6) is 0 Å². The smallest absolute Gasteiger partial charge is 0.235 e. The fraction of sp³-hybridized carbons (Fsp3) is 0.500. The number of nitrogens with zero attached hydrogens (tertiary/aromatic N) is 1. The van der Waals surface area contributed by atoms with Gasteiger partial charge < -0.3 is 0 Å². The number of nitrogens with two attached hydrogens (primary N) is 1. The molecule has 0 aromatic rings. The zero-order chi connectivity index (χ0) is 7.98. The van der Waals surface area contributed by atoms with Crippen molar-refractivity contribution < 1.29 is 4.79 Å². The van der Waals surface area contributed by atoms with Gasteiger partial charge in [0.25, 0.3) is 0 Å². The van der Waals surface area contributed by atoms with Crippen LogP contribution in [0.4, 0.5) is 0 Å². The summed E-state index contributed by atoms with van der Waals surface area (Å²) in [6.45, 7) is 1.37. The predicted octanol–water partition coefficient (Wildman–Crippen LogP) is -1.92. The third-order valence-corrected chi connectivity index (χ3v) is 0.717. The van der Waals surface area contributed by atoms with E-state index < -0.39 is 0 Å². The van der Waals surface area contributed by atoms with Crippen molar-refractivity contribution in [3.05, 3.63) is 0 Å². The molecule has 0 saturated heterocycles. The second-order valence-corrected chi connectivity index (χ2v) is 1.52. The number of hydrogen-bond acceptors (Lipinski definition) is 3. The van der Waals surface area contributed by atoms with Crippen molar-refractivity contribution in [2.24, 2.45) is 10.8 Å². The number of rotatable bonds is 0. The van der Waals surface area contributed by atoms with Crippen LogP contribution in [-0.2, 0) is 4.79 Å². The second kappa shape index (κ2) is 4.57. The summed E-state index contributed by atoms with van der Waals surface area (Å²) in [5, 5.41) is 0. The Bertz CT molecular complexity index is 143. The largest absolute Gasteiger partial charge is 0.293 e. The van der Waals surface area contributed by atoms with Gasteiger partial charge in [-0.2, -0.15) is 0 Å². The summed E-state index contributed by atoms with van der Waals surface area (Å²) in [4.78, 5) is 13.9. The Morgan fingerprint density at radius 3 is 2.40 bits per heavy atom. The van der Waals surface area contributed by atoms with E-state index in [0.717, 1.165) is 0 Å². The molecule has 0 heterocycles. The maximum atomic E-state index is 10.3. The summed E-state index contributed by atoms with van der Waals surface area (Å²) < 4.78 is 0. The molecule has 0 aliphatic carbocycles. The average molecular weight is 145 g/mol. The minimum absolute atomic E-state index is 0.212. The molecule has 0 radical (unpaired) electrons. The van der Waals surface area contributed by atoms with E-state index in [1.807, 2.05) is 0 Å². The lowest BCUT2D eigenvalue weighted by molar-refractivity contribution is -0.119. The number of nitrogens with one attached hydrogen (secondary N) is 3. The molecule has 0 bridgehead atoms. The molecule has 0 aromatic carbocycles. The van der Waals surface area contributed by atoms with Crippen molar-refractivity contribution in [2.45, 2.75) is 6.92 Å². The predicted molar refractivity (Wildman–Crippen MR) is 37.6 cm³/mol. The van der Waals surface area contributed by atoms with E-state index in [9.17, 15) is 4.79 Å². The van der Waals surface area contributed by atoms with Gasteiger partial charge in [-0.3, -0.25) is 26.1 Å². The summed E-state index contributed by atoms with van der Waals surface area (Å²) >= 11 is 0. The van der Waals surface area contributed by atoms with Gasteiger partial charge in [0.2, 0.25) is 11.9 Å². The standard InChI is InChI=1S/C4H11N5O/c1-3(10)8-9-4(6-2)7-5/h5H2,1-2H3,(H,8,10)(H2,6,7,9). The van der Waals surface area contributed by atoms with Crippen molar-refractivity contribution >= 4 is 11.9 Å². The molecule has 0 aliphatic rings. The van der Waals surface area contributed by atoms with Crippen LogP contribution in [0.25, 0.3) is 0 Å². The van der Waals surface area contributed by atoms with Crippen LogP contribution >= 0.6 is 0 Å². The monoisotopic (exact) mass is 145 g/mol. The van der Waals surface area contributed by atoms with E-state index >= 15 is 0 Å². The lowest BCUT2D eigenvalue weighted by Gasteiger charge is -2.06. The molecule has 6 heteroatoms. The van der Waals surface area contributed by atoms with Gasteiger partial charge in [-0.15, -0.1) is 0 Å². The van der Waals surface area contributed by atoms with Gasteiger partial charge in [0, 0.05) is 14.0 Å². The quantitative estimate of drug-likeness (QED) is 0.138. The maximum absolute atomic E-state index is 10.3. The van der Waals surface area contributed by atoms with Gasteiger partial charge in [-0.1, -0.05) is 0 Å². The topological polar surface area (TPSA) is 91.5 Å². The molecule has 0 aliphatic heterocycles. The SMILES string of the molecule is CN=C(NN)NNC(C)=O. The Hall–Kier alpha value is -1.30. The zero-order valence-electron chi connectivity index (χ0n) is 5.93. The van der Waals surface area contributed by atoms with Crippen LogP contribution in [0.2, 0.25) is 0 Å². The van der Waals surface area contributed by atoms with Crippen LogP contribution in [0.3, 0.4) is 0 Å². The number of amides is 1. The Morgan fingerprint density at radius 2 is 2.10 bits per heavy atom. The maximum Gasteiger partial charge on any atom is 0.235 e. The van der Waals surface area contributed by atoms with E-state index in [2.05, 4.69) is 21.3 Å². The Balaban J connectivity index is 3.56. The molecule has 0 unspecified atom stereocenters. The molecule has 0 spiro atoms. The first-order valence-electron chi connectivity index (χ1n) is 2.66. The third kappa shape index (κ3) is 3.67. The fourth-order valence-electron chi connectivity index (χ4n) is 0.304. The molecule has 5 N–H and O–H groups in total. The van der Waals surface area contributed by atoms with Crippen LogP contribution in [0.1, 0.15) is 6.92 Å². The summed E-state index contributed by atoms with van der Waals surface area (Å²) in [7, 11) is 1.53. The summed E-state index contributed by atoms with van der Waals surface area (Å²) in [6, 6.07) is 0. The molecule has 0 fully saturated rings. The highest BCUT2D eigenvalue weighted by molar-refractivity contribution is 5.82. The van der Waals surface area contributed by atoms with Crippen molar-refractivity contribution in [1.82, 2.24) is 16.3 Å². The molecular weight excluding hydrogens is 134 g/mol. The summed E-state index contributed by atoms with van der Waals surface area (Å²) in [6.07, 6.45) is 0. The number of carbonyl (C=O) groups is 1. The van der Waals surface area contributed by atoms with Crippen molar-refractivity contribution in [1.29, 1.82) is 0 Å². The van der Waals surface area contributed by atoms with E-state index in [1.54, 1.807) is 0 Å². The molecule has 1 amide bonds. The normalized spacial score (nSPS) is 10.5. The van der Waals surface area contributed by atoms with Crippen molar-refractivity contribution in [2.75, 3.05) is 7.05 Å². The molecule has 0 aromatic heterocycles. The van der Waals surface area contributed by atoms with E-state index in [4.69, 9.17) is 5.84 Å². The fourth-order valence-corrected chi connectivity index (χ4v) is 0.304. The van der Waals surface area contributed by atoms with E-state index in [1.165, 1.54) is 14.0 Å². The van der Waals surface area contributed by atoms with Gasteiger partial charge in [0.05, 0.1) is 0 Å². The van der Waals surface area contributed by atoms with Gasteiger partial charge in [-0.25, -0.2) is 5.84 Å². The number of hydrazine groups is 2. The Kier molecular flexibility index (Phi) is 3.97. The first-order valence-corrected chi connectivity index (χ1v) is 2.66. The minimum Gasteiger partial charge on any atom is -0.293 e. The van der Waals surface area contributed by atoms with Gasteiger partial charge in [-0.05, 0) is 0 Å². The number of hydrogen-bond donors (Lipinski definition) is 4. The highest BCUT2D eigenvalue weighted by atomic mass is 16.2. The first kappa shape index (κ1) is 8.70.